The number of rotatable bonds is 0. The summed E-state index contributed by atoms with van der Waals surface area (Å²) in [7, 11) is 0. The average molecular weight is 221 g/mol. The van der Waals surface area contributed by atoms with Crippen LogP contribution < -0.4 is 5.73 Å². The molecule has 3 heteroatoms. The van der Waals surface area contributed by atoms with Crippen LogP contribution in [-0.4, -0.2) is 4.98 Å². The summed E-state index contributed by atoms with van der Waals surface area (Å²) >= 11 is 6.11. The molecule has 0 unspecified atom stereocenters. The van der Waals surface area contributed by atoms with E-state index in [9.17, 15) is 0 Å². The second-order valence-corrected chi connectivity index (χ2v) is 4.23. The zero-order valence-corrected chi connectivity index (χ0v) is 9.81. The minimum absolute atomic E-state index is 0.658. The highest BCUT2D eigenvalue weighted by Gasteiger charge is 2.10. The van der Waals surface area contributed by atoms with Crippen LogP contribution in [0.3, 0.4) is 0 Å². The summed E-state index contributed by atoms with van der Waals surface area (Å²) in [5.41, 5.74) is 10.8. The molecular formula is C12H13ClN2. The Balaban J connectivity index is 3.04. The zero-order chi connectivity index (χ0) is 11.2. The van der Waals surface area contributed by atoms with E-state index in [0.29, 0.717) is 5.02 Å². The molecule has 0 atom stereocenters. The lowest BCUT2D eigenvalue weighted by Gasteiger charge is -2.11. The number of hydrogen-bond donors (Lipinski definition) is 1. The highest BCUT2D eigenvalue weighted by molar-refractivity contribution is 6.35. The van der Waals surface area contributed by atoms with Crippen molar-refractivity contribution in [1.82, 2.24) is 4.98 Å². The molecule has 0 saturated heterocycles. The Bertz CT molecular complexity index is 547. The summed E-state index contributed by atoms with van der Waals surface area (Å²) < 4.78 is 0. The Hall–Kier alpha value is -1.28. The largest absolute Gasteiger partial charge is 0.398 e. The van der Waals surface area contributed by atoms with Gasteiger partial charge in [0.2, 0.25) is 0 Å². The number of halogens is 1. The fourth-order valence-electron chi connectivity index (χ4n) is 1.75. The molecule has 2 aromatic rings. The van der Waals surface area contributed by atoms with Gasteiger partial charge in [-0.1, -0.05) is 17.7 Å². The highest BCUT2D eigenvalue weighted by atomic mass is 35.5. The maximum Gasteiger partial charge on any atom is 0.0914 e. The van der Waals surface area contributed by atoms with Gasteiger partial charge in [-0.15, -0.1) is 0 Å². The lowest BCUT2D eigenvalue weighted by atomic mass is 10.0. The van der Waals surface area contributed by atoms with Gasteiger partial charge in [0.15, 0.2) is 0 Å². The minimum Gasteiger partial charge on any atom is -0.398 e. The predicted octanol–water partition coefficient (Wildman–Crippen LogP) is 3.40. The molecular weight excluding hydrogens is 208 g/mol. The summed E-state index contributed by atoms with van der Waals surface area (Å²) in [5, 5.41) is 1.64. The molecule has 0 spiro atoms. The van der Waals surface area contributed by atoms with E-state index in [1.54, 1.807) is 0 Å². The van der Waals surface area contributed by atoms with Gasteiger partial charge in [0.1, 0.15) is 0 Å². The SMILES string of the molecule is Cc1nc2c(Cl)ccc(C)c2c(N)c1C. The number of nitrogen functional groups attached to an aromatic ring is 1. The van der Waals surface area contributed by atoms with Crippen LogP contribution in [0.5, 0.6) is 0 Å². The van der Waals surface area contributed by atoms with E-state index in [0.717, 1.165) is 33.4 Å². The van der Waals surface area contributed by atoms with Crippen molar-refractivity contribution in [1.29, 1.82) is 0 Å². The molecule has 1 aromatic heterocycles. The van der Waals surface area contributed by atoms with Crippen molar-refractivity contribution in [3.05, 3.63) is 34.0 Å². The minimum atomic E-state index is 0.658. The van der Waals surface area contributed by atoms with E-state index in [1.165, 1.54) is 0 Å². The number of aromatic nitrogens is 1. The fourth-order valence-corrected chi connectivity index (χ4v) is 1.95. The van der Waals surface area contributed by atoms with E-state index >= 15 is 0 Å². The van der Waals surface area contributed by atoms with Gasteiger partial charge in [0.25, 0.3) is 0 Å². The summed E-state index contributed by atoms with van der Waals surface area (Å²) in [6.07, 6.45) is 0. The third-order valence-electron chi connectivity index (χ3n) is 2.83. The van der Waals surface area contributed by atoms with Crippen LogP contribution >= 0.6 is 11.6 Å². The van der Waals surface area contributed by atoms with Crippen molar-refractivity contribution in [3.63, 3.8) is 0 Å². The van der Waals surface area contributed by atoms with Gasteiger partial charge in [-0.2, -0.15) is 0 Å². The lowest BCUT2D eigenvalue weighted by Crippen LogP contribution is -1.99. The standard InChI is InChI=1S/C12H13ClN2/c1-6-4-5-9(13)12-10(6)11(14)7(2)8(3)15-12/h4-5H,1-3H3,(H2,14,15). The summed E-state index contributed by atoms with van der Waals surface area (Å²) in [6.45, 7) is 5.95. The first-order valence-corrected chi connectivity index (χ1v) is 5.21. The van der Waals surface area contributed by atoms with Crippen LogP contribution in [0, 0.1) is 20.8 Å². The molecule has 15 heavy (non-hydrogen) atoms. The van der Waals surface area contributed by atoms with Crippen molar-refractivity contribution < 1.29 is 0 Å². The number of fused-ring (bicyclic) bond motifs is 1. The second kappa shape index (κ2) is 3.38. The van der Waals surface area contributed by atoms with E-state index in [-0.39, 0.29) is 0 Å². The number of benzene rings is 1. The monoisotopic (exact) mass is 220 g/mol. The van der Waals surface area contributed by atoms with Crippen LogP contribution in [0.2, 0.25) is 5.02 Å². The molecule has 2 rings (SSSR count). The molecule has 0 saturated carbocycles. The summed E-state index contributed by atoms with van der Waals surface area (Å²) in [6, 6.07) is 3.83. The molecule has 2 nitrogen and oxygen atoms in total. The maximum atomic E-state index is 6.11. The molecule has 0 aliphatic carbocycles. The van der Waals surface area contributed by atoms with Crippen LogP contribution in [0.25, 0.3) is 10.9 Å². The third kappa shape index (κ3) is 1.45. The van der Waals surface area contributed by atoms with Crippen LogP contribution in [0.15, 0.2) is 12.1 Å². The number of hydrogen-bond acceptors (Lipinski definition) is 2. The normalized spacial score (nSPS) is 10.9. The first kappa shape index (κ1) is 10.2. The number of anilines is 1. The van der Waals surface area contributed by atoms with Gasteiger partial charge in [-0.05, 0) is 38.0 Å². The van der Waals surface area contributed by atoms with Crippen molar-refractivity contribution in [2.75, 3.05) is 5.73 Å². The second-order valence-electron chi connectivity index (χ2n) is 3.82. The molecule has 0 aliphatic rings. The van der Waals surface area contributed by atoms with Gasteiger partial charge in [0, 0.05) is 16.8 Å². The van der Waals surface area contributed by atoms with Gasteiger partial charge < -0.3 is 5.73 Å². The highest BCUT2D eigenvalue weighted by Crippen LogP contribution is 2.31. The van der Waals surface area contributed by atoms with Gasteiger partial charge in [-0.3, -0.25) is 4.98 Å². The van der Waals surface area contributed by atoms with Crippen molar-refractivity contribution in [3.8, 4) is 0 Å². The molecule has 1 heterocycles. The zero-order valence-electron chi connectivity index (χ0n) is 9.06. The molecule has 78 valence electrons. The van der Waals surface area contributed by atoms with Gasteiger partial charge >= 0.3 is 0 Å². The quantitative estimate of drug-likeness (QED) is 0.739. The molecule has 0 bridgehead atoms. The first-order chi connectivity index (χ1) is 7.02. The Morgan fingerprint density at radius 2 is 1.87 bits per heavy atom. The topological polar surface area (TPSA) is 38.9 Å². The summed E-state index contributed by atoms with van der Waals surface area (Å²) in [4.78, 5) is 4.48. The van der Waals surface area contributed by atoms with Gasteiger partial charge in [0.05, 0.1) is 10.5 Å². The molecule has 0 aliphatic heterocycles. The van der Waals surface area contributed by atoms with Crippen LogP contribution in [0.4, 0.5) is 5.69 Å². The number of aryl methyl sites for hydroxylation is 2. The van der Waals surface area contributed by atoms with Crippen molar-refractivity contribution in [2.24, 2.45) is 0 Å². The number of nitrogens with zero attached hydrogens (tertiary/aromatic N) is 1. The smallest absolute Gasteiger partial charge is 0.0914 e. The van der Waals surface area contributed by atoms with E-state index in [4.69, 9.17) is 17.3 Å². The molecule has 0 radical (unpaired) electrons. The lowest BCUT2D eigenvalue weighted by molar-refractivity contribution is 1.20. The predicted molar refractivity (Wildman–Crippen MR) is 65.4 cm³/mol. The first-order valence-electron chi connectivity index (χ1n) is 4.84. The molecule has 2 N–H and O–H groups in total. The van der Waals surface area contributed by atoms with Crippen molar-refractivity contribution >= 4 is 28.2 Å². The van der Waals surface area contributed by atoms with E-state index in [1.807, 2.05) is 32.9 Å². The Morgan fingerprint density at radius 1 is 1.20 bits per heavy atom. The Kier molecular flexibility index (Phi) is 2.31. The molecule has 1 aromatic carbocycles. The third-order valence-corrected chi connectivity index (χ3v) is 3.14. The van der Waals surface area contributed by atoms with Crippen molar-refractivity contribution in [2.45, 2.75) is 20.8 Å². The van der Waals surface area contributed by atoms with E-state index in [2.05, 4.69) is 4.98 Å². The summed E-state index contributed by atoms with van der Waals surface area (Å²) in [5.74, 6) is 0. The number of pyridine rings is 1. The number of nitrogens with two attached hydrogens (primary N) is 1. The van der Waals surface area contributed by atoms with Crippen LogP contribution in [0.1, 0.15) is 16.8 Å². The fraction of sp³-hybridized carbons (Fsp3) is 0.250. The van der Waals surface area contributed by atoms with E-state index < -0.39 is 0 Å². The Morgan fingerprint density at radius 3 is 2.53 bits per heavy atom. The van der Waals surface area contributed by atoms with Gasteiger partial charge in [-0.25, -0.2) is 0 Å². The Labute approximate surface area is 94.1 Å². The average Bonchev–Trinajstić information content (AvgIpc) is 2.20. The van der Waals surface area contributed by atoms with Crippen LogP contribution in [-0.2, 0) is 0 Å². The molecule has 0 amide bonds. The maximum absolute atomic E-state index is 6.11. The molecule has 0 fully saturated rings.